The maximum absolute atomic E-state index is 13.5. The summed E-state index contributed by atoms with van der Waals surface area (Å²) in [7, 11) is 1.66. The molecule has 0 aliphatic rings. The lowest BCUT2D eigenvalue weighted by Crippen LogP contribution is -2.22. The first-order valence-electron chi connectivity index (χ1n) is 10.1. The van der Waals surface area contributed by atoms with E-state index in [-0.39, 0.29) is 5.91 Å². The summed E-state index contributed by atoms with van der Waals surface area (Å²) in [5.74, 6) is -0.660. The molecule has 0 unspecified atom stereocenters. The number of amides is 1. The van der Waals surface area contributed by atoms with Crippen molar-refractivity contribution in [3.63, 3.8) is 0 Å². The third-order valence-electron chi connectivity index (χ3n) is 5.27. The predicted molar refractivity (Wildman–Crippen MR) is 127 cm³/mol. The monoisotopic (exact) mass is 450 g/mol. The summed E-state index contributed by atoms with van der Waals surface area (Å²) >= 11 is 7.88. The second-order valence-electron chi connectivity index (χ2n) is 7.25. The number of thiazole rings is 1. The van der Waals surface area contributed by atoms with Gasteiger partial charge in [0.1, 0.15) is 0 Å². The van der Waals surface area contributed by atoms with Crippen molar-refractivity contribution in [1.82, 2.24) is 4.57 Å². The quantitative estimate of drug-likeness (QED) is 0.385. The third kappa shape index (κ3) is 4.49. The van der Waals surface area contributed by atoms with Crippen LogP contribution in [-0.4, -0.2) is 24.2 Å². The van der Waals surface area contributed by atoms with Crippen molar-refractivity contribution in [2.75, 3.05) is 13.7 Å². The molecule has 0 aliphatic heterocycles. The molecule has 4 rings (SSSR count). The largest absolute Gasteiger partial charge is 0.383 e. The summed E-state index contributed by atoms with van der Waals surface area (Å²) in [6.45, 7) is 3.09. The van der Waals surface area contributed by atoms with Gasteiger partial charge in [0.15, 0.2) is 4.80 Å². The van der Waals surface area contributed by atoms with Crippen molar-refractivity contribution in [2.24, 2.45) is 4.99 Å². The van der Waals surface area contributed by atoms with Gasteiger partial charge >= 0.3 is 0 Å². The highest BCUT2D eigenvalue weighted by Crippen LogP contribution is 2.28. The molecule has 0 bridgehead atoms. The van der Waals surface area contributed by atoms with Crippen LogP contribution in [0.4, 0.5) is 0 Å². The summed E-state index contributed by atoms with van der Waals surface area (Å²) in [5.41, 5.74) is 3.82. The molecule has 0 N–H and O–H groups in total. The number of halogens is 1. The van der Waals surface area contributed by atoms with E-state index in [0.29, 0.717) is 23.0 Å². The van der Waals surface area contributed by atoms with Crippen LogP contribution in [0.5, 0.6) is 0 Å². The smallest absolute Gasteiger partial charge is 0.260 e. The number of methoxy groups -OCH3 is 1. The van der Waals surface area contributed by atoms with Crippen molar-refractivity contribution in [1.29, 1.82) is 0 Å². The van der Waals surface area contributed by atoms with Crippen LogP contribution in [0.2, 0.25) is 5.02 Å². The Morgan fingerprint density at radius 2 is 1.65 bits per heavy atom. The standard InChI is InChI=1S/C25H23ClN2O2S/c1-17-20(26)13-14-21-23(17)28(15-16-30-2)25(31-21)27-24(29)22(18-9-5-3-6-10-18)19-11-7-4-8-12-19/h3-14,22H,15-16H2,1-2H3. The van der Waals surface area contributed by atoms with Gasteiger partial charge in [-0.3, -0.25) is 4.79 Å². The van der Waals surface area contributed by atoms with Crippen LogP contribution >= 0.6 is 22.9 Å². The highest BCUT2D eigenvalue weighted by molar-refractivity contribution is 7.16. The maximum Gasteiger partial charge on any atom is 0.260 e. The van der Waals surface area contributed by atoms with Gasteiger partial charge in [-0.25, -0.2) is 0 Å². The third-order valence-corrected chi connectivity index (χ3v) is 6.72. The Kier molecular flexibility index (Phi) is 6.66. The number of nitrogens with zero attached hydrogens (tertiary/aromatic N) is 2. The first-order valence-corrected chi connectivity index (χ1v) is 11.3. The van der Waals surface area contributed by atoms with Gasteiger partial charge in [-0.2, -0.15) is 4.99 Å². The first-order chi connectivity index (χ1) is 15.1. The van der Waals surface area contributed by atoms with Crippen molar-refractivity contribution in [2.45, 2.75) is 19.4 Å². The normalized spacial score (nSPS) is 12.1. The Balaban J connectivity index is 1.88. The molecule has 6 heteroatoms. The zero-order valence-electron chi connectivity index (χ0n) is 17.4. The number of carbonyl (C=O) groups excluding carboxylic acids is 1. The van der Waals surface area contributed by atoms with Gasteiger partial charge in [-0.05, 0) is 35.7 Å². The van der Waals surface area contributed by atoms with E-state index < -0.39 is 5.92 Å². The van der Waals surface area contributed by atoms with E-state index >= 15 is 0 Å². The van der Waals surface area contributed by atoms with E-state index in [1.807, 2.05) is 84.3 Å². The van der Waals surface area contributed by atoms with E-state index in [1.54, 1.807) is 7.11 Å². The number of rotatable bonds is 6. The second-order valence-corrected chi connectivity index (χ2v) is 8.67. The highest BCUT2D eigenvalue weighted by atomic mass is 35.5. The molecule has 0 atom stereocenters. The molecule has 0 fully saturated rings. The molecule has 31 heavy (non-hydrogen) atoms. The average Bonchev–Trinajstić information content (AvgIpc) is 3.14. The highest BCUT2D eigenvalue weighted by Gasteiger charge is 2.23. The van der Waals surface area contributed by atoms with Crippen molar-refractivity contribution in [3.8, 4) is 0 Å². The number of aromatic nitrogens is 1. The molecule has 0 spiro atoms. The van der Waals surface area contributed by atoms with Gasteiger partial charge in [0.05, 0.1) is 22.7 Å². The van der Waals surface area contributed by atoms with Gasteiger partial charge in [0.25, 0.3) is 5.91 Å². The van der Waals surface area contributed by atoms with Gasteiger partial charge in [-0.15, -0.1) is 0 Å². The molecule has 0 radical (unpaired) electrons. The molecule has 1 aromatic heterocycles. The fraction of sp³-hybridized carbons (Fsp3) is 0.200. The van der Waals surface area contributed by atoms with E-state index in [0.717, 1.165) is 26.9 Å². The van der Waals surface area contributed by atoms with Crippen LogP contribution in [0.15, 0.2) is 77.8 Å². The number of aryl methyl sites for hydroxylation is 1. The van der Waals surface area contributed by atoms with Gasteiger partial charge in [-0.1, -0.05) is 83.6 Å². The van der Waals surface area contributed by atoms with E-state index in [4.69, 9.17) is 16.3 Å². The number of carbonyl (C=O) groups is 1. The van der Waals surface area contributed by atoms with Gasteiger partial charge < -0.3 is 9.30 Å². The molecule has 0 saturated carbocycles. The van der Waals surface area contributed by atoms with Crippen LogP contribution in [-0.2, 0) is 16.1 Å². The van der Waals surface area contributed by atoms with E-state index in [2.05, 4.69) is 4.99 Å². The number of fused-ring (bicyclic) bond motifs is 1. The van der Waals surface area contributed by atoms with Gasteiger partial charge in [0.2, 0.25) is 0 Å². The zero-order chi connectivity index (χ0) is 21.8. The maximum atomic E-state index is 13.5. The minimum atomic E-state index is -0.465. The Morgan fingerprint density at radius 1 is 1.03 bits per heavy atom. The fourth-order valence-electron chi connectivity index (χ4n) is 3.72. The zero-order valence-corrected chi connectivity index (χ0v) is 19.0. The van der Waals surface area contributed by atoms with Crippen LogP contribution in [0, 0.1) is 6.92 Å². The topological polar surface area (TPSA) is 43.6 Å². The first kappa shape index (κ1) is 21.5. The fourth-order valence-corrected chi connectivity index (χ4v) is 4.99. The molecule has 0 saturated heterocycles. The van der Waals surface area contributed by atoms with Crippen molar-refractivity contribution < 1.29 is 9.53 Å². The Labute approximate surface area is 190 Å². The number of hydrogen-bond donors (Lipinski definition) is 0. The van der Waals surface area contributed by atoms with E-state index in [9.17, 15) is 4.79 Å². The molecule has 1 amide bonds. The van der Waals surface area contributed by atoms with Crippen LogP contribution in [0.1, 0.15) is 22.6 Å². The van der Waals surface area contributed by atoms with Crippen LogP contribution < -0.4 is 4.80 Å². The predicted octanol–water partition coefficient (Wildman–Crippen LogP) is 5.57. The minimum absolute atomic E-state index is 0.195. The lowest BCUT2D eigenvalue weighted by atomic mass is 9.91. The molecule has 0 aliphatic carbocycles. The summed E-state index contributed by atoms with van der Waals surface area (Å²) in [4.78, 5) is 18.8. The molecule has 1 heterocycles. The molecule has 4 nitrogen and oxygen atoms in total. The Morgan fingerprint density at radius 3 is 2.23 bits per heavy atom. The van der Waals surface area contributed by atoms with E-state index in [1.165, 1.54) is 11.3 Å². The Bertz CT molecular complexity index is 1220. The van der Waals surface area contributed by atoms with Crippen molar-refractivity contribution >= 4 is 39.1 Å². The number of hydrogen-bond acceptors (Lipinski definition) is 3. The Hall–Kier alpha value is -2.73. The molecular weight excluding hydrogens is 428 g/mol. The second kappa shape index (κ2) is 9.60. The SMILES string of the molecule is COCCn1c(=NC(=O)C(c2ccccc2)c2ccccc2)sc2ccc(Cl)c(C)c21. The summed E-state index contributed by atoms with van der Waals surface area (Å²) in [5, 5.41) is 0.695. The lowest BCUT2D eigenvalue weighted by molar-refractivity contribution is -0.118. The lowest BCUT2D eigenvalue weighted by Gasteiger charge is -2.14. The molecular formula is C25H23ClN2O2S. The van der Waals surface area contributed by atoms with Crippen molar-refractivity contribution in [3.05, 3.63) is 99.3 Å². The number of benzene rings is 3. The summed E-state index contributed by atoms with van der Waals surface area (Å²) < 4.78 is 8.38. The average molecular weight is 451 g/mol. The van der Waals surface area contributed by atoms with Gasteiger partial charge in [0, 0.05) is 18.7 Å². The summed E-state index contributed by atoms with van der Waals surface area (Å²) in [6.07, 6.45) is 0. The van der Waals surface area contributed by atoms with Crippen LogP contribution in [0.3, 0.4) is 0 Å². The number of ether oxygens (including phenoxy) is 1. The molecule has 158 valence electrons. The minimum Gasteiger partial charge on any atom is -0.383 e. The summed E-state index contributed by atoms with van der Waals surface area (Å²) in [6, 6.07) is 23.4. The molecule has 3 aromatic carbocycles. The molecule has 4 aromatic rings. The van der Waals surface area contributed by atoms with Crippen LogP contribution in [0.25, 0.3) is 10.2 Å².